The van der Waals surface area contributed by atoms with Crippen molar-refractivity contribution in [2.24, 2.45) is 0 Å². The molecule has 1 aliphatic rings. The molecular formula is C15H14ClNO4S. The van der Waals surface area contributed by atoms with Crippen LogP contribution in [0, 0.1) is 0 Å². The highest BCUT2D eigenvalue weighted by molar-refractivity contribution is 7.99. The van der Waals surface area contributed by atoms with Gasteiger partial charge in [-0.25, -0.2) is 0 Å². The van der Waals surface area contributed by atoms with Crippen LogP contribution >= 0.6 is 23.4 Å². The van der Waals surface area contributed by atoms with Crippen molar-refractivity contribution in [3.05, 3.63) is 52.9 Å². The minimum absolute atomic E-state index is 0.134. The molecule has 0 aliphatic carbocycles. The van der Waals surface area contributed by atoms with Crippen molar-refractivity contribution >= 4 is 29.3 Å². The summed E-state index contributed by atoms with van der Waals surface area (Å²) in [4.78, 5) is 10.9. The first-order valence-electron chi connectivity index (χ1n) is 6.69. The molecule has 2 heterocycles. The van der Waals surface area contributed by atoms with Gasteiger partial charge < -0.3 is 14.3 Å². The van der Waals surface area contributed by atoms with Gasteiger partial charge in [-0.1, -0.05) is 11.6 Å². The lowest BCUT2D eigenvalue weighted by Gasteiger charge is -2.08. The SMILES string of the molecule is O=C(O)[C@H]1CS[C@H](c2ccc(COc3ccc(Cl)cc3)o2)N1. The van der Waals surface area contributed by atoms with Crippen LogP contribution in [0.5, 0.6) is 5.75 Å². The fraction of sp³-hybridized carbons (Fsp3) is 0.267. The Morgan fingerprint density at radius 3 is 2.82 bits per heavy atom. The van der Waals surface area contributed by atoms with Crippen LogP contribution in [-0.4, -0.2) is 22.9 Å². The number of furan rings is 1. The van der Waals surface area contributed by atoms with Gasteiger partial charge in [-0.15, -0.1) is 11.8 Å². The van der Waals surface area contributed by atoms with Crippen molar-refractivity contribution in [2.75, 3.05) is 5.75 Å². The highest BCUT2D eigenvalue weighted by Gasteiger charge is 2.32. The number of halogens is 1. The third-order valence-corrected chi connectivity index (χ3v) is 4.70. The van der Waals surface area contributed by atoms with Gasteiger partial charge in [0.15, 0.2) is 0 Å². The van der Waals surface area contributed by atoms with Crippen molar-refractivity contribution in [1.82, 2.24) is 5.32 Å². The number of hydrogen-bond acceptors (Lipinski definition) is 5. The van der Waals surface area contributed by atoms with Crippen molar-refractivity contribution in [3.63, 3.8) is 0 Å². The standard InChI is InChI=1S/C15H14ClNO4S/c16-9-1-3-10(4-2-9)20-7-11-5-6-13(21-11)14-17-12(8-22-14)15(18)19/h1-6,12,14,17H,7-8H2,(H,18,19)/t12-,14-/m1/s1. The van der Waals surface area contributed by atoms with Gasteiger partial charge >= 0.3 is 5.97 Å². The molecule has 1 aromatic carbocycles. The van der Waals surface area contributed by atoms with E-state index in [1.807, 2.05) is 12.1 Å². The summed E-state index contributed by atoms with van der Waals surface area (Å²) >= 11 is 7.33. The van der Waals surface area contributed by atoms with Crippen molar-refractivity contribution in [3.8, 4) is 5.75 Å². The highest BCUT2D eigenvalue weighted by Crippen LogP contribution is 2.34. The lowest BCUT2D eigenvalue weighted by molar-refractivity contribution is -0.138. The van der Waals surface area contributed by atoms with E-state index in [-0.39, 0.29) is 5.37 Å². The third kappa shape index (κ3) is 3.58. The Labute approximate surface area is 136 Å². The molecule has 1 aromatic heterocycles. The predicted molar refractivity (Wildman–Crippen MR) is 84.3 cm³/mol. The Hall–Kier alpha value is -1.63. The van der Waals surface area contributed by atoms with E-state index in [0.29, 0.717) is 34.7 Å². The van der Waals surface area contributed by atoms with Crippen LogP contribution in [0.4, 0.5) is 0 Å². The van der Waals surface area contributed by atoms with Crippen LogP contribution in [0.2, 0.25) is 5.02 Å². The largest absolute Gasteiger partial charge is 0.486 e. The van der Waals surface area contributed by atoms with E-state index >= 15 is 0 Å². The normalized spacial score (nSPS) is 21.0. The van der Waals surface area contributed by atoms with Gasteiger partial charge in [-0.3, -0.25) is 10.1 Å². The number of aliphatic carboxylic acids is 1. The van der Waals surface area contributed by atoms with Crippen molar-refractivity contribution in [1.29, 1.82) is 0 Å². The minimum atomic E-state index is -0.840. The first kappa shape index (κ1) is 15.3. The molecule has 1 fully saturated rings. The lowest BCUT2D eigenvalue weighted by Crippen LogP contribution is -2.33. The molecule has 2 atom stereocenters. The summed E-state index contributed by atoms with van der Waals surface area (Å²) in [5, 5.41) is 12.5. The summed E-state index contributed by atoms with van der Waals surface area (Å²) in [6.07, 6.45) is 0. The quantitative estimate of drug-likeness (QED) is 0.871. The second kappa shape index (κ2) is 6.64. The van der Waals surface area contributed by atoms with E-state index in [1.54, 1.807) is 24.3 Å². The molecule has 2 N–H and O–H groups in total. The van der Waals surface area contributed by atoms with Crippen LogP contribution in [0.3, 0.4) is 0 Å². The summed E-state index contributed by atoms with van der Waals surface area (Å²) in [6.45, 7) is 0.307. The Morgan fingerprint density at radius 1 is 1.36 bits per heavy atom. The Kier molecular flexibility index (Phi) is 4.61. The molecule has 0 radical (unpaired) electrons. The number of carboxylic acid groups (broad SMARTS) is 1. The van der Waals surface area contributed by atoms with Gasteiger partial charge in [0.2, 0.25) is 0 Å². The fourth-order valence-electron chi connectivity index (χ4n) is 2.08. The minimum Gasteiger partial charge on any atom is -0.486 e. The van der Waals surface area contributed by atoms with Crippen LogP contribution in [-0.2, 0) is 11.4 Å². The number of carbonyl (C=O) groups is 1. The van der Waals surface area contributed by atoms with Gasteiger partial charge in [0.05, 0.1) is 0 Å². The maximum Gasteiger partial charge on any atom is 0.321 e. The zero-order valence-corrected chi connectivity index (χ0v) is 13.1. The molecular weight excluding hydrogens is 326 g/mol. The second-order valence-corrected chi connectivity index (χ2v) is 6.39. The number of rotatable bonds is 5. The van der Waals surface area contributed by atoms with Crippen LogP contribution < -0.4 is 10.1 Å². The molecule has 22 heavy (non-hydrogen) atoms. The number of hydrogen-bond donors (Lipinski definition) is 2. The van der Waals surface area contributed by atoms with Gasteiger partial charge in [-0.2, -0.15) is 0 Å². The van der Waals surface area contributed by atoms with E-state index in [2.05, 4.69) is 5.32 Å². The first-order valence-corrected chi connectivity index (χ1v) is 8.12. The molecule has 5 nitrogen and oxygen atoms in total. The second-order valence-electron chi connectivity index (χ2n) is 4.82. The number of ether oxygens (including phenoxy) is 1. The van der Waals surface area contributed by atoms with Gasteiger partial charge in [0, 0.05) is 10.8 Å². The average Bonchev–Trinajstić information content (AvgIpc) is 3.15. The number of carboxylic acids is 1. The maximum atomic E-state index is 10.9. The molecule has 2 aromatic rings. The molecule has 116 valence electrons. The fourth-order valence-corrected chi connectivity index (χ4v) is 3.38. The monoisotopic (exact) mass is 339 g/mol. The molecule has 0 saturated carbocycles. The molecule has 7 heteroatoms. The number of nitrogens with one attached hydrogen (secondary N) is 1. The van der Waals surface area contributed by atoms with E-state index in [4.69, 9.17) is 25.9 Å². The average molecular weight is 340 g/mol. The zero-order valence-electron chi connectivity index (χ0n) is 11.5. The predicted octanol–water partition coefficient (Wildman–Crippen LogP) is 3.30. The summed E-state index contributed by atoms with van der Waals surface area (Å²) in [5.74, 6) is 1.79. The number of benzene rings is 1. The van der Waals surface area contributed by atoms with Gasteiger partial charge in [-0.05, 0) is 36.4 Å². The topological polar surface area (TPSA) is 71.7 Å². The molecule has 1 aliphatic heterocycles. The Balaban J connectivity index is 1.57. The lowest BCUT2D eigenvalue weighted by atomic mass is 10.3. The maximum absolute atomic E-state index is 10.9. The van der Waals surface area contributed by atoms with E-state index in [9.17, 15) is 4.79 Å². The highest BCUT2D eigenvalue weighted by atomic mass is 35.5. The summed E-state index contributed by atoms with van der Waals surface area (Å²) in [6, 6.07) is 10.2. The molecule has 0 amide bonds. The summed E-state index contributed by atoms with van der Waals surface area (Å²) < 4.78 is 11.3. The third-order valence-electron chi connectivity index (χ3n) is 3.22. The molecule has 0 unspecified atom stereocenters. The van der Waals surface area contributed by atoms with Crippen LogP contribution in [0.25, 0.3) is 0 Å². The van der Waals surface area contributed by atoms with E-state index in [1.165, 1.54) is 11.8 Å². The van der Waals surface area contributed by atoms with E-state index < -0.39 is 12.0 Å². The molecule has 3 rings (SSSR count). The van der Waals surface area contributed by atoms with Crippen LogP contribution in [0.1, 0.15) is 16.9 Å². The smallest absolute Gasteiger partial charge is 0.321 e. The molecule has 1 saturated heterocycles. The van der Waals surface area contributed by atoms with Crippen molar-refractivity contribution in [2.45, 2.75) is 18.0 Å². The summed E-state index contributed by atoms with van der Waals surface area (Å²) in [5.41, 5.74) is 0. The molecule has 0 bridgehead atoms. The van der Waals surface area contributed by atoms with Crippen LogP contribution in [0.15, 0.2) is 40.8 Å². The van der Waals surface area contributed by atoms with Gasteiger partial charge in [0.1, 0.15) is 35.3 Å². The Morgan fingerprint density at radius 2 is 2.14 bits per heavy atom. The zero-order chi connectivity index (χ0) is 15.5. The number of thioether (sulfide) groups is 1. The Bertz CT molecular complexity index is 658. The van der Waals surface area contributed by atoms with Gasteiger partial charge in [0.25, 0.3) is 0 Å². The summed E-state index contributed by atoms with van der Waals surface area (Å²) in [7, 11) is 0. The van der Waals surface area contributed by atoms with E-state index in [0.717, 1.165) is 0 Å². The first-order chi connectivity index (χ1) is 10.6. The van der Waals surface area contributed by atoms with Crippen molar-refractivity contribution < 1.29 is 19.1 Å². The molecule has 0 spiro atoms.